The number of halogens is 1. The van der Waals surface area contributed by atoms with Crippen molar-refractivity contribution < 1.29 is 13.9 Å². The Kier molecular flexibility index (Phi) is 3.60. The molecule has 0 aliphatic heterocycles. The van der Waals surface area contributed by atoms with E-state index in [1.807, 2.05) is 24.3 Å². The van der Waals surface area contributed by atoms with E-state index in [0.717, 1.165) is 11.3 Å². The summed E-state index contributed by atoms with van der Waals surface area (Å²) in [5, 5.41) is 0. The molecule has 0 N–H and O–H groups in total. The van der Waals surface area contributed by atoms with Gasteiger partial charge in [0.1, 0.15) is 23.9 Å². The van der Waals surface area contributed by atoms with Gasteiger partial charge in [0, 0.05) is 6.07 Å². The maximum atomic E-state index is 12.9. The highest BCUT2D eigenvalue weighted by atomic mass is 19.1. The lowest BCUT2D eigenvalue weighted by Crippen LogP contribution is -1.95. The molecule has 17 heavy (non-hydrogen) atoms. The highest BCUT2D eigenvalue weighted by Gasteiger charge is 1.98. The molecule has 2 nitrogen and oxygen atoms in total. The Labute approximate surface area is 99.6 Å². The Morgan fingerprint density at radius 1 is 1.00 bits per heavy atom. The third-order valence-corrected chi connectivity index (χ3v) is 2.36. The average molecular weight is 232 g/mol. The molecule has 2 aromatic rings. The second-order valence-electron chi connectivity index (χ2n) is 3.59. The minimum absolute atomic E-state index is 0.294. The number of ether oxygens (including phenoxy) is 2. The van der Waals surface area contributed by atoms with Gasteiger partial charge >= 0.3 is 0 Å². The van der Waals surface area contributed by atoms with Crippen LogP contribution in [-0.4, -0.2) is 7.11 Å². The fraction of sp³-hybridized carbons (Fsp3) is 0.143. The maximum Gasteiger partial charge on any atom is 0.126 e. The molecular weight excluding hydrogens is 219 g/mol. The van der Waals surface area contributed by atoms with Gasteiger partial charge in [-0.05, 0) is 29.8 Å². The Bertz CT molecular complexity index is 480. The van der Waals surface area contributed by atoms with Crippen LogP contribution in [-0.2, 0) is 6.61 Å². The molecule has 2 aromatic carbocycles. The van der Waals surface area contributed by atoms with Crippen molar-refractivity contribution >= 4 is 0 Å². The van der Waals surface area contributed by atoms with Gasteiger partial charge in [-0.3, -0.25) is 0 Å². The van der Waals surface area contributed by atoms with Crippen LogP contribution < -0.4 is 9.47 Å². The molecule has 0 amide bonds. The zero-order valence-electron chi connectivity index (χ0n) is 9.52. The van der Waals surface area contributed by atoms with Gasteiger partial charge in [-0.2, -0.15) is 0 Å². The summed E-state index contributed by atoms with van der Waals surface area (Å²) < 4.78 is 23.4. The maximum absolute atomic E-state index is 12.9. The lowest BCUT2D eigenvalue weighted by atomic mass is 10.2. The number of methoxy groups -OCH3 is 1. The van der Waals surface area contributed by atoms with E-state index in [0.29, 0.717) is 12.4 Å². The molecule has 0 unspecified atom stereocenters. The molecule has 0 heterocycles. The quantitative estimate of drug-likeness (QED) is 0.804. The molecular formula is C14H13FO2. The Balaban J connectivity index is 1.97. The molecule has 0 aliphatic rings. The normalized spacial score (nSPS) is 10.0. The van der Waals surface area contributed by atoms with Gasteiger partial charge in [0.2, 0.25) is 0 Å². The summed E-state index contributed by atoms with van der Waals surface area (Å²) in [7, 11) is 1.62. The van der Waals surface area contributed by atoms with Gasteiger partial charge in [0.25, 0.3) is 0 Å². The monoisotopic (exact) mass is 232 g/mol. The van der Waals surface area contributed by atoms with Gasteiger partial charge in [-0.25, -0.2) is 4.39 Å². The highest BCUT2D eigenvalue weighted by Crippen LogP contribution is 2.16. The second kappa shape index (κ2) is 5.34. The predicted molar refractivity (Wildman–Crippen MR) is 63.7 cm³/mol. The SMILES string of the molecule is COc1ccc(COc2cccc(F)c2)cc1. The van der Waals surface area contributed by atoms with E-state index in [1.165, 1.54) is 12.1 Å². The molecule has 88 valence electrons. The van der Waals surface area contributed by atoms with Crippen LogP contribution in [0.3, 0.4) is 0 Å². The minimum atomic E-state index is -0.294. The van der Waals surface area contributed by atoms with E-state index in [2.05, 4.69) is 0 Å². The lowest BCUT2D eigenvalue weighted by molar-refractivity contribution is 0.304. The highest BCUT2D eigenvalue weighted by molar-refractivity contribution is 5.28. The van der Waals surface area contributed by atoms with Crippen LogP contribution in [0, 0.1) is 5.82 Å². The van der Waals surface area contributed by atoms with Gasteiger partial charge in [0.15, 0.2) is 0 Å². The lowest BCUT2D eigenvalue weighted by Gasteiger charge is -2.07. The minimum Gasteiger partial charge on any atom is -0.497 e. The molecule has 0 saturated heterocycles. The molecule has 3 heteroatoms. The van der Waals surface area contributed by atoms with Gasteiger partial charge < -0.3 is 9.47 Å². The van der Waals surface area contributed by atoms with Crippen molar-refractivity contribution in [3.63, 3.8) is 0 Å². The van der Waals surface area contributed by atoms with Crippen LogP contribution in [0.1, 0.15) is 5.56 Å². The average Bonchev–Trinajstić information content (AvgIpc) is 2.37. The van der Waals surface area contributed by atoms with Crippen LogP contribution in [0.4, 0.5) is 4.39 Å². The molecule has 0 atom stereocenters. The Hall–Kier alpha value is -2.03. The van der Waals surface area contributed by atoms with E-state index in [-0.39, 0.29) is 5.82 Å². The molecule has 0 aliphatic carbocycles. The van der Waals surface area contributed by atoms with Crippen LogP contribution in [0.5, 0.6) is 11.5 Å². The van der Waals surface area contributed by atoms with Gasteiger partial charge in [-0.15, -0.1) is 0 Å². The molecule has 0 fully saturated rings. The number of hydrogen-bond donors (Lipinski definition) is 0. The van der Waals surface area contributed by atoms with E-state index >= 15 is 0 Å². The summed E-state index contributed by atoms with van der Waals surface area (Å²) in [4.78, 5) is 0. The largest absolute Gasteiger partial charge is 0.497 e. The fourth-order valence-electron chi connectivity index (χ4n) is 1.45. The first-order valence-electron chi connectivity index (χ1n) is 5.29. The van der Waals surface area contributed by atoms with E-state index < -0.39 is 0 Å². The summed E-state index contributed by atoms with van der Waals surface area (Å²) in [6.07, 6.45) is 0. The van der Waals surface area contributed by atoms with Crippen molar-refractivity contribution in [1.29, 1.82) is 0 Å². The van der Waals surface area contributed by atoms with Crippen LogP contribution in [0.15, 0.2) is 48.5 Å². The molecule has 0 saturated carbocycles. The van der Waals surface area contributed by atoms with Crippen LogP contribution in [0.25, 0.3) is 0 Å². The van der Waals surface area contributed by atoms with Crippen molar-refractivity contribution in [2.75, 3.05) is 7.11 Å². The van der Waals surface area contributed by atoms with Crippen molar-refractivity contribution in [3.8, 4) is 11.5 Å². The Morgan fingerprint density at radius 2 is 1.76 bits per heavy atom. The number of benzene rings is 2. The fourth-order valence-corrected chi connectivity index (χ4v) is 1.45. The summed E-state index contributed by atoms with van der Waals surface area (Å²) in [6, 6.07) is 13.7. The zero-order chi connectivity index (χ0) is 12.1. The third kappa shape index (κ3) is 3.21. The van der Waals surface area contributed by atoms with Crippen LogP contribution >= 0.6 is 0 Å². The van der Waals surface area contributed by atoms with Crippen LogP contribution in [0.2, 0.25) is 0 Å². The number of rotatable bonds is 4. The smallest absolute Gasteiger partial charge is 0.126 e. The zero-order valence-corrected chi connectivity index (χ0v) is 9.52. The summed E-state index contributed by atoms with van der Waals surface area (Å²) in [5.41, 5.74) is 1.01. The van der Waals surface area contributed by atoms with E-state index in [4.69, 9.17) is 9.47 Å². The van der Waals surface area contributed by atoms with Crippen molar-refractivity contribution in [2.24, 2.45) is 0 Å². The summed E-state index contributed by atoms with van der Waals surface area (Å²) in [6.45, 7) is 0.410. The molecule has 2 rings (SSSR count). The molecule has 0 bridgehead atoms. The first kappa shape index (κ1) is 11.5. The molecule has 0 radical (unpaired) electrons. The number of hydrogen-bond acceptors (Lipinski definition) is 2. The standard InChI is InChI=1S/C14H13FO2/c1-16-13-7-5-11(6-8-13)10-17-14-4-2-3-12(15)9-14/h2-9H,10H2,1H3. The first-order valence-corrected chi connectivity index (χ1v) is 5.29. The third-order valence-electron chi connectivity index (χ3n) is 2.36. The second-order valence-corrected chi connectivity index (χ2v) is 3.59. The van der Waals surface area contributed by atoms with Crippen molar-refractivity contribution in [1.82, 2.24) is 0 Å². The summed E-state index contributed by atoms with van der Waals surface area (Å²) >= 11 is 0. The van der Waals surface area contributed by atoms with Crippen molar-refractivity contribution in [3.05, 3.63) is 59.9 Å². The van der Waals surface area contributed by atoms with Gasteiger partial charge in [-0.1, -0.05) is 18.2 Å². The first-order chi connectivity index (χ1) is 8.28. The molecule has 0 aromatic heterocycles. The Morgan fingerprint density at radius 3 is 2.41 bits per heavy atom. The van der Waals surface area contributed by atoms with E-state index in [1.54, 1.807) is 19.2 Å². The van der Waals surface area contributed by atoms with Crippen molar-refractivity contribution in [2.45, 2.75) is 6.61 Å². The predicted octanol–water partition coefficient (Wildman–Crippen LogP) is 3.41. The summed E-state index contributed by atoms with van der Waals surface area (Å²) in [5.74, 6) is 1.04. The molecule has 0 spiro atoms. The topological polar surface area (TPSA) is 18.5 Å². The van der Waals surface area contributed by atoms with Gasteiger partial charge in [0.05, 0.1) is 7.11 Å². The van der Waals surface area contributed by atoms with E-state index in [9.17, 15) is 4.39 Å².